The highest BCUT2D eigenvalue weighted by Gasteiger charge is 2.32. The highest BCUT2D eigenvalue weighted by molar-refractivity contribution is 8.00. The van der Waals surface area contributed by atoms with Crippen LogP contribution >= 0.6 is 11.8 Å². The average molecular weight is 435 g/mol. The van der Waals surface area contributed by atoms with E-state index in [9.17, 15) is 14.9 Å². The Bertz CT molecular complexity index is 1180. The van der Waals surface area contributed by atoms with Gasteiger partial charge in [0.25, 0.3) is 5.56 Å². The average Bonchev–Trinajstić information content (AvgIpc) is 2.76. The maximum atomic E-state index is 13.2. The van der Waals surface area contributed by atoms with Crippen molar-refractivity contribution in [2.75, 3.05) is 0 Å². The molecule has 0 aliphatic rings. The van der Waals surface area contributed by atoms with Gasteiger partial charge >= 0.3 is 0 Å². The van der Waals surface area contributed by atoms with Gasteiger partial charge in [0.15, 0.2) is 5.16 Å². The molecule has 0 saturated heterocycles. The van der Waals surface area contributed by atoms with Crippen LogP contribution < -0.4 is 10.9 Å². The van der Waals surface area contributed by atoms with E-state index in [0.29, 0.717) is 22.6 Å². The third kappa shape index (κ3) is 4.97. The van der Waals surface area contributed by atoms with Crippen LogP contribution in [0.3, 0.4) is 0 Å². The first-order valence-corrected chi connectivity index (χ1v) is 11.1. The molecule has 1 heterocycles. The van der Waals surface area contributed by atoms with E-state index >= 15 is 0 Å². The Kier molecular flexibility index (Phi) is 6.81. The third-order valence-corrected chi connectivity index (χ3v) is 6.52. The van der Waals surface area contributed by atoms with E-state index in [-0.39, 0.29) is 17.4 Å². The van der Waals surface area contributed by atoms with E-state index < -0.39 is 10.8 Å². The second-order valence-electron chi connectivity index (χ2n) is 8.01. The molecule has 31 heavy (non-hydrogen) atoms. The largest absolute Gasteiger partial charge is 0.337 e. The number of thioether (sulfide) groups is 1. The number of carbonyl (C=O) groups excluding carboxylic acids is 1. The maximum absolute atomic E-state index is 13.2. The van der Waals surface area contributed by atoms with Crippen molar-refractivity contribution in [1.29, 1.82) is 5.26 Å². The number of aromatic nitrogens is 2. The fourth-order valence-electron chi connectivity index (χ4n) is 3.01. The van der Waals surface area contributed by atoms with Crippen molar-refractivity contribution in [1.82, 2.24) is 14.9 Å². The molecule has 0 radical (unpaired) electrons. The van der Waals surface area contributed by atoms with E-state index in [4.69, 9.17) is 0 Å². The van der Waals surface area contributed by atoms with Gasteiger partial charge in [-0.2, -0.15) is 5.26 Å². The van der Waals surface area contributed by atoms with Gasteiger partial charge < -0.3 is 5.32 Å². The van der Waals surface area contributed by atoms with E-state index in [0.717, 1.165) is 5.56 Å². The van der Waals surface area contributed by atoms with Crippen molar-refractivity contribution >= 4 is 28.6 Å². The highest BCUT2D eigenvalue weighted by Crippen LogP contribution is 2.25. The lowest BCUT2D eigenvalue weighted by molar-refractivity contribution is -0.121. The van der Waals surface area contributed by atoms with Crippen molar-refractivity contribution in [2.24, 2.45) is 5.92 Å². The molecule has 0 fully saturated rings. The minimum absolute atomic E-state index is 0.0475. The van der Waals surface area contributed by atoms with Crippen LogP contribution in [0.2, 0.25) is 0 Å². The highest BCUT2D eigenvalue weighted by atomic mass is 32.2. The fraction of sp³-hybridized carbons (Fsp3) is 0.333. The zero-order valence-corrected chi connectivity index (χ0v) is 18.9. The second kappa shape index (κ2) is 9.36. The predicted octanol–water partition coefficient (Wildman–Crippen LogP) is 3.98. The molecule has 6 nitrogen and oxygen atoms in total. The maximum Gasteiger partial charge on any atom is 0.262 e. The summed E-state index contributed by atoms with van der Waals surface area (Å²) in [6, 6.07) is 19.1. The van der Waals surface area contributed by atoms with Crippen LogP contribution in [-0.2, 0) is 11.3 Å². The summed E-state index contributed by atoms with van der Waals surface area (Å²) in [5, 5.41) is 12.8. The van der Waals surface area contributed by atoms with Crippen LogP contribution in [0, 0.1) is 17.2 Å². The quantitative estimate of drug-likeness (QED) is 0.449. The molecule has 0 aliphatic carbocycles. The van der Waals surface area contributed by atoms with E-state index in [2.05, 4.69) is 16.4 Å². The van der Waals surface area contributed by atoms with Crippen molar-refractivity contribution < 1.29 is 4.79 Å². The first-order chi connectivity index (χ1) is 14.7. The minimum atomic E-state index is -0.966. The number of hydrogen-bond donors (Lipinski definition) is 1. The molecule has 1 N–H and O–H groups in total. The van der Waals surface area contributed by atoms with Crippen molar-refractivity contribution in [3.63, 3.8) is 0 Å². The number of fused-ring (bicyclic) bond motifs is 1. The van der Waals surface area contributed by atoms with Crippen LogP contribution in [0.15, 0.2) is 64.5 Å². The Morgan fingerprint density at radius 3 is 2.45 bits per heavy atom. The summed E-state index contributed by atoms with van der Waals surface area (Å²) in [6.07, 6.45) is 0. The molecule has 1 aromatic heterocycles. The topological polar surface area (TPSA) is 87.8 Å². The Morgan fingerprint density at radius 1 is 1.16 bits per heavy atom. The zero-order valence-electron chi connectivity index (χ0n) is 18.1. The molecule has 0 aliphatic heterocycles. The van der Waals surface area contributed by atoms with Crippen LogP contribution in [0.5, 0.6) is 0 Å². The number of benzene rings is 2. The Balaban J connectivity index is 1.97. The molecule has 7 heteroatoms. The van der Waals surface area contributed by atoms with Gasteiger partial charge in [-0.3, -0.25) is 14.2 Å². The summed E-state index contributed by atoms with van der Waals surface area (Å²) in [5.41, 5.74) is 0.453. The van der Waals surface area contributed by atoms with E-state index in [1.54, 1.807) is 30.5 Å². The Hall–Kier alpha value is -3.11. The summed E-state index contributed by atoms with van der Waals surface area (Å²) < 4.78 is 1.61. The molecule has 3 aromatic rings. The molecular weight excluding hydrogens is 408 g/mol. The molecule has 160 valence electrons. The number of nitriles is 1. The van der Waals surface area contributed by atoms with Gasteiger partial charge in [-0.15, -0.1) is 0 Å². The molecular formula is C24H26N4O2S. The zero-order chi connectivity index (χ0) is 22.6. The second-order valence-corrected chi connectivity index (χ2v) is 9.31. The van der Waals surface area contributed by atoms with Gasteiger partial charge in [-0.1, -0.05) is 68.1 Å². The van der Waals surface area contributed by atoms with Gasteiger partial charge in [0.05, 0.1) is 28.8 Å². The molecule has 0 bridgehead atoms. The summed E-state index contributed by atoms with van der Waals surface area (Å²) >= 11 is 1.22. The summed E-state index contributed by atoms with van der Waals surface area (Å²) in [6.45, 7) is 7.61. The number of hydrogen-bond acceptors (Lipinski definition) is 5. The molecule has 0 spiro atoms. The fourth-order valence-corrected chi connectivity index (χ4v) is 3.92. The molecule has 0 saturated carbocycles. The van der Waals surface area contributed by atoms with Crippen LogP contribution in [0.4, 0.5) is 0 Å². The van der Waals surface area contributed by atoms with Gasteiger partial charge in [-0.25, -0.2) is 4.98 Å². The minimum Gasteiger partial charge on any atom is -0.337 e. The van der Waals surface area contributed by atoms with Gasteiger partial charge in [0.2, 0.25) is 5.91 Å². The third-order valence-electron chi connectivity index (χ3n) is 5.43. The van der Waals surface area contributed by atoms with E-state index in [1.807, 2.05) is 56.3 Å². The standard InChI is InChI=1S/C24H26N4O2S/c1-16(2)24(4,15-25)27-21(29)17(3)31-23-26-20-13-9-8-12-19(20)22(30)28(23)14-18-10-6-5-7-11-18/h5-13,16-17H,14H2,1-4H3,(H,27,29). The van der Waals surface area contributed by atoms with Crippen molar-refractivity contribution in [3.8, 4) is 6.07 Å². The number of nitrogens with zero attached hydrogens (tertiary/aromatic N) is 3. The molecule has 2 unspecified atom stereocenters. The monoisotopic (exact) mass is 434 g/mol. The van der Waals surface area contributed by atoms with Gasteiger partial charge in [0, 0.05) is 0 Å². The predicted molar refractivity (Wildman–Crippen MR) is 124 cm³/mol. The van der Waals surface area contributed by atoms with Gasteiger partial charge in [-0.05, 0) is 37.5 Å². The lowest BCUT2D eigenvalue weighted by atomic mass is 9.90. The van der Waals surface area contributed by atoms with Crippen LogP contribution in [0.1, 0.15) is 33.3 Å². The van der Waals surface area contributed by atoms with Crippen molar-refractivity contribution in [3.05, 3.63) is 70.5 Å². The molecule has 3 rings (SSSR count). The summed E-state index contributed by atoms with van der Waals surface area (Å²) in [5.74, 6) is -0.315. The normalized spacial score (nSPS) is 14.1. The molecule has 2 aromatic carbocycles. The number of nitrogens with one attached hydrogen (secondary N) is 1. The summed E-state index contributed by atoms with van der Waals surface area (Å²) in [7, 11) is 0. The number of amides is 1. The van der Waals surface area contributed by atoms with E-state index in [1.165, 1.54) is 11.8 Å². The lowest BCUT2D eigenvalue weighted by Gasteiger charge is -2.28. The summed E-state index contributed by atoms with van der Waals surface area (Å²) in [4.78, 5) is 30.8. The number of carbonyl (C=O) groups is 1. The first-order valence-electron chi connectivity index (χ1n) is 10.2. The Morgan fingerprint density at radius 2 is 1.81 bits per heavy atom. The molecule has 2 atom stereocenters. The SMILES string of the molecule is CC(Sc1nc2ccccc2c(=O)n1Cc1ccccc1)C(=O)NC(C)(C#N)C(C)C. The first kappa shape index (κ1) is 22.6. The van der Waals surface area contributed by atoms with Crippen LogP contribution in [0.25, 0.3) is 10.9 Å². The van der Waals surface area contributed by atoms with Gasteiger partial charge in [0.1, 0.15) is 5.54 Å². The van der Waals surface area contributed by atoms with Crippen LogP contribution in [-0.4, -0.2) is 26.2 Å². The number of rotatable bonds is 7. The lowest BCUT2D eigenvalue weighted by Crippen LogP contribution is -2.51. The number of para-hydroxylation sites is 1. The van der Waals surface area contributed by atoms with Crippen molar-refractivity contribution in [2.45, 2.75) is 50.2 Å². The molecule has 1 amide bonds. The smallest absolute Gasteiger partial charge is 0.262 e. The Labute approximate surface area is 186 Å².